The highest BCUT2D eigenvalue weighted by atomic mass is 127. The monoisotopic (exact) mass is 310 g/mol. The average molecular weight is 310 g/mol. The summed E-state index contributed by atoms with van der Waals surface area (Å²) in [5.41, 5.74) is 0.729. The van der Waals surface area contributed by atoms with E-state index in [1.165, 1.54) is 10.8 Å². The lowest BCUT2D eigenvalue weighted by molar-refractivity contribution is -0.138. The van der Waals surface area contributed by atoms with E-state index < -0.39 is 0 Å². The number of alkyl halides is 1. The number of esters is 1. The molecule has 82 valence electrons. The van der Waals surface area contributed by atoms with E-state index in [9.17, 15) is 4.79 Å². The number of carbonyl (C=O) groups is 1. The van der Waals surface area contributed by atoms with Crippen LogP contribution in [-0.4, -0.2) is 17.0 Å². The predicted octanol–water partition coefficient (Wildman–Crippen LogP) is 3.35. The van der Waals surface area contributed by atoms with Crippen molar-refractivity contribution in [1.29, 1.82) is 0 Å². The fourth-order valence-electron chi connectivity index (χ4n) is 1.22. The summed E-state index contributed by atoms with van der Waals surface area (Å²) < 4.78 is 6.08. The van der Waals surface area contributed by atoms with E-state index >= 15 is 0 Å². The van der Waals surface area contributed by atoms with Gasteiger partial charge in [-0.25, -0.2) is 4.79 Å². The van der Waals surface area contributed by atoms with Gasteiger partial charge in [0.1, 0.15) is 0 Å². The Kier molecular flexibility index (Phi) is 8.23. The molecule has 0 bridgehead atoms. The summed E-state index contributed by atoms with van der Waals surface area (Å²) in [6.45, 7) is 6.23. The van der Waals surface area contributed by atoms with E-state index in [-0.39, 0.29) is 5.97 Å². The standard InChI is InChI=1S/C11H19IO2/c1-4-14-11(13)10(3)8-9(2)6-5-7-12/h8-9H,4-7H2,1-3H3/b10-8+. The van der Waals surface area contributed by atoms with Crippen LogP contribution in [0.3, 0.4) is 0 Å². The maximum atomic E-state index is 11.3. The molecule has 0 saturated heterocycles. The third-order valence-electron chi connectivity index (χ3n) is 1.93. The molecular weight excluding hydrogens is 291 g/mol. The fraction of sp³-hybridized carbons (Fsp3) is 0.727. The fourth-order valence-corrected chi connectivity index (χ4v) is 1.66. The Labute approximate surface area is 100 Å². The number of hydrogen-bond donors (Lipinski definition) is 0. The third kappa shape index (κ3) is 6.40. The molecule has 14 heavy (non-hydrogen) atoms. The first kappa shape index (κ1) is 13.9. The van der Waals surface area contributed by atoms with Gasteiger partial charge in [0.2, 0.25) is 0 Å². The summed E-state index contributed by atoms with van der Waals surface area (Å²) in [5, 5.41) is 0. The topological polar surface area (TPSA) is 26.3 Å². The Morgan fingerprint density at radius 3 is 2.71 bits per heavy atom. The molecule has 0 radical (unpaired) electrons. The van der Waals surface area contributed by atoms with Gasteiger partial charge < -0.3 is 4.74 Å². The van der Waals surface area contributed by atoms with Crippen LogP contribution in [-0.2, 0) is 9.53 Å². The maximum absolute atomic E-state index is 11.3. The van der Waals surface area contributed by atoms with Crippen molar-refractivity contribution in [2.75, 3.05) is 11.0 Å². The molecule has 3 heteroatoms. The molecule has 0 aliphatic heterocycles. The van der Waals surface area contributed by atoms with Crippen molar-refractivity contribution in [1.82, 2.24) is 0 Å². The molecule has 0 aromatic rings. The zero-order valence-electron chi connectivity index (χ0n) is 9.18. The van der Waals surface area contributed by atoms with Crippen molar-refractivity contribution in [3.05, 3.63) is 11.6 Å². The normalized spacial score (nSPS) is 13.9. The largest absolute Gasteiger partial charge is 0.463 e. The van der Waals surface area contributed by atoms with E-state index in [0.717, 1.165) is 12.0 Å². The second-order valence-corrected chi connectivity index (χ2v) is 4.46. The molecule has 0 aromatic heterocycles. The van der Waals surface area contributed by atoms with Crippen LogP contribution in [0.5, 0.6) is 0 Å². The number of carbonyl (C=O) groups excluding carboxylic acids is 1. The van der Waals surface area contributed by atoms with Gasteiger partial charge in [0.25, 0.3) is 0 Å². The van der Waals surface area contributed by atoms with E-state index in [1.54, 1.807) is 0 Å². The maximum Gasteiger partial charge on any atom is 0.333 e. The minimum atomic E-state index is -0.186. The summed E-state index contributed by atoms with van der Waals surface area (Å²) >= 11 is 2.37. The van der Waals surface area contributed by atoms with E-state index in [2.05, 4.69) is 29.5 Å². The summed E-state index contributed by atoms with van der Waals surface area (Å²) in [7, 11) is 0. The van der Waals surface area contributed by atoms with Crippen LogP contribution in [0.15, 0.2) is 11.6 Å². The number of ether oxygens (including phenoxy) is 1. The molecule has 0 spiro atoms. The summed E-state index contributed by atoms with van der Waals surface area (Å²) in [5.74, 6) is 0.281. The molecule has 0 aromatic carbocycles. The molecule has 0 amide bonds. The SMILES string of the molecule is CCOC(=O)/C(C)=C/C(C)CCCI. The Hall–Kier alpha value is -0.0600. The zero-order valence-corrected chi connectivity index (χ0v) is 11.3. The second kappa shape index (κ2) is 8.26. The van der Waals surface area contributed by atoms with Crippen LogP contribution < -0.4 is 0 Å². The Morgan fingerprint density at radius 2 is 2.21 bits per heavy atom. The van der Waals surface area contributed by atoms with Gasteiger partial charge in [0, 0.05) is 5.57 Å². The Bertz CT molecular complexity index is 199. The van der Waals surface area contributed by atoms with Gasteiger partial charge in [-0.1, -0.05) is 35.6 Å². The highest BCUT2D eigenvalue weighted by Gasteiger charge is 2.06. The second-order valence-electron chi connectivity index (χ2n) is 3.38. The molecule has 0 saturated carbocycles. The van der Waals surface area contributed by atoms with Crippen molar-refractivity contribution in [3.63, 3.8) is 0 Å². The molecular formula is C11H19IO2. The first-order valence-electron chi connectivity index (χ1n) is 5.03. The van der Waals surface area contributed by atoms with Crippen molar-refractivity contribution < 1.29 is 9.53 Å². The highest BCUT2D eigenvalue weighted by Crippen LogP contribution is 2.11. The van der Waals surface area contributed by atoms with Gasteiger partial charge in [-0.15, -0.1) is 0 Å². The van der Waals surface area contributed by atoms with Gasteiger partial charge in [0.15, 0.2) is 0 Å². The van der Waals surface area contributed by atoms with Crippen molar-refractivity contribution in [2.45, 2.75) is 33.6 Å². The smallest absolute Gasteiger partial charge is 0.333 e. The highest BCUT2D eigenvalue weighted by molar-refractivity contribution is 14.1. The van der Waals surface area contributed by atoms with Crippen LogP contribution in [0.2, 0.25) is 0 Å². The van der Waals surface area contributed by atoms with Gasteiger partial charge in [0.05, 0.1) is 6.61 Å². The lowest BCUT2D eigenvalue weighted by atomic mass is 10.0. The molecule has 2 nitrogen and oxygen atoms in total. The molecule has 1 unspecified atom stereocenters. The van der Waals surface area contributed by atoms with Gasteiger partial charge in [-0.2, -0.15) is 0 Å². The van der Waals surface area contributed by atoms with Crippen molar-refractivity contribution in [2.24, 2.45) is 5.92 Å². The summed E-state index contributed by atoms with van der Waals surface area (Å²) in [4.78, 5) is 11.3. The summed E-state index contributed by atoms with van der Waals surface area (Å²) in [6.07, 6.45) is 4.35. The molecule has 0 fully saturated rings. The minimum Gasteiger partial charge on any atom is -0.463 e. The zero-order chi connectivity index (χ0) is 11.0. The first-order valence-corrected chi connectivity index (χ1v) is 6.55. The van der Waals surface area contributed by atoms with Crippen molar-refractivity contribution >= 4 is 28.6 Å². The molecule has 0 aliphatic rings. The number of allylic oxidation sites excluding steroid dienone is 1. The summed E-state index contributed by atoms with van der Waals surface area (Å²) in [6, 6.07) is 0. The van der Waals surface area contributed by atoms with E-state index in [0.29, 0.717) is 12.5 Å². The molecule has 1 atom stereocenters. The van der Waals surface area contributed by atoms with Gasteiger partial charge in [-0.3, -0.25) is 0 Å². The minimum absolute atomic E-state index is 0.186. The van der Waals surface area contributed by atoms with Crippen LogP contribution in [0.4, 0.5) is 0 Å². The number of halogens is 1. The van der Waals surface area contributed by atoms with Gasteiger partial charge in [-0.05, 0) is 37.0 Å². The third-order valence-corrected chi connectivity index (χ3v) is 2.69. The quantitative estimate of drug-likeness (QED) is 0.325. The lowest BCUT2D eigenvalue weighted by Gasteiger charge is -2.06. The van der Waals surface area contributed by atoms with Crippen LogP contribution >= 0.6 is 22.6 Å². The van der Waals surface area contributed by atoms with Crippen molar-refractivity contribution in [3.8, 4) is 0 Å². The molecule has 0 aliphatic carbocycles. The molecule has 0 rings (SSSR count). The Balaban J connectivity index is 4.00. The van der Waals surface area contributed by atoms with E-state index in [4.69, 9.17) is 4.74 Å². The van der Waals surface area contributed by atoms with Crippen LogP contribution in [0.1, 0.15) is 33.6 Å². The molecule has 0 N–H and O–H groups in total. The average Bonchev–Trinajstić information content (AvgIpc) is 2.15. The van der Waals surface area contributed by atoms with Gasteiger partial charge >= 0.3 is 5.97 Å². The Morgan fingerprint density at radius 1 is 1.57 bits per heavy atom. The number of rotatable bonds is 6. The first-order chi connectivity index (χ1) is 6.61. The van der Waals surface area contributed by atoms with E-state index in [1.807, 2.05) is 19.9 Å². The van der Waals surface area contributed by atoms with Crippen LogP contribution in [0.25, 0.3) is 0 Å². The molecule has 0 heterocycles. The number of hydrogen-bond acceptors (Lipinski definition) is 2. The van der Waals surface area contributed by atoms with Crippen LogP contribution in [0, 0.1) is 5.92 Å². The predicted molar refractivity (Wildman–Crippen MR) is 67.7 cm³/mol. The lowest BCUT2D eigenvalue weighted by Crippen LogP contribution is -2.06.